The number of aliphatic hydroxyl groups is 1. The van der Waals surface area contributed by atoms with E-state index in [1.165, 1.54) is 81.3 Å². The van der Waals surface area contributed by atoms with Crippen LogP contribution in [-0.4, -0.2) is 24.8 Å². The number of rotatable bonds is 15. The fourth-order valence-corrected chi connectivity index (χ4v) is 3.66. The Labute approximate surface area is 212 Å². The topological polar surface area (TPSA) is 120 Å². The fraction of sp³-hybridized carbons (Fsp3) is 0.519. The molecule has 0 aliphatic carbocycles. The van der Waals surface area contributed by atoms with Crippen molar-refractivity contribution >= 4 is 17.8 Å². The molecule has 35 heavy (non-hydrogen) atoms. The Morgan fingerprint density at radius 1 is 0.743 bits per heavy atom. The second-order valence-corrected chi connectivity index (χ2v) is 9.26. The van der Waals surface area contributed by atoms with Crippen molar-refractivity contribution in [1.29, 1.82) is 0 Å². The van der Waals surface area contributed by atoms with Gasteiger partial charge >= 0.3 is 0 Å². The van der Waals surface area contributed by atoms with Crippen molar-refractivity contribution in [1.82, 2.24) is 0 Å². The third kappa shape index (κ3) is 16.3. The van der Waals surface area contributed by atoms with E-state index in [0.29, 0.717) is 6.54 Å². The smallest absolute Gasteiger partial charge is 0.171 e. The number of nitrogens with zero attached hydrogens (tertiary/aromatic N) is 2. The van der Waals surface area contributed by atoms with E-state index >= 15 is 0 Å². The molecule has 1 heterocycles. The van der Waals surface area contributed by atoms with E-state index in [0.717, 1.165) is 0 Å². The molecule has 0 saturated carbocycles. The first-order valence-electron chi connectivity index (χ1n) is 12.5. The summed E-state index contributed by atoms with van der Waals surface area (Å²) in [5.74, 6) is 0. The van der Waals surface area contributed by atoms with Crippen molar-refractivity contribution in [3.8, 4) is 0 Å². The largest absolute Gasteiger partial charge is 0.390 e. The number of benzene rings is 1. The van der Waals surface area contributed by atoms with Crippen LogP contribution in [0.15, 0.2) is 48.8 Å². The first-order valence-corrected chi connectivity index (χ1v) is 13.7. The summed E-state index contributed by atoms with van der Waals surface area (Å²) in [6.45, 7) is 7.69. The molecule has 1 N–H and O–H groups in total. The van der Waals surface area contributed by atoms with Crippen LogP contribution >= 0.6 is 0 Å². The molecular weight excluding hydrogens is 468 g/mol. The maximum Gasteiger partial charge on any atom is 0.171 e. The van der Waals surface area contributed by atoms with Crippen LogP contribution in [0.4, 0.5) is 5.69 Å². The van der Waals surface area contributed by atoms with Crippen molar-refractivity contribution in [2.75, 3.05) is 24.6 Å². The molecule has 0 fully saturated rings. The SMILES string of the molecule is CCCCCCN(CCCCCC)c1ccc(/C=C/c2cc[n+](CCO)cc2)cc1.[O-][Cl+3]([O-])([O-])[O-]. The number of halogens is 1. The standard InChI is InChI=1S/C27H41N2O.ClHO4/c1-3-5-7-9-19-29(20-10-8-6-4-2)27-15-13-25(14-16-27)11-12-26-17-21-28(22-18-26)23-24-30;2-1(3,4)5/h11-18,21-22,30H,3-10,19-20,23-24H2,1-2H3;(H,2,3,4,5)/q+1;/p-1. The van der Waals surface area contributed by atoms with Crippen molar-refractivity contribution < 1.29 is 38.6 Å². The summed E-state index contributed by atoms with van der Waals surface area (Å²) in [7, 11) is -4.94. The predicted molar refractivity (Wildman–Crippen MR) is 130 cm³/mol. The van der Waals surface area contributed by atoms with Crippen LogP contribution in [0.2, 0.25) is 0 Å². The second kappa shape index (κ2) is 18.3. The lowest BCUT2D eigenvalue weighted by molar-refractivity contribution is -2.00. The number of aromatic nitrogens is 1. The minimum Gasteiger partial charge on any atom is -0.390 e. The second-order valence-electron chi connectivity index (χ2n) is 8.50. The van der Waals surface area contributed by atoms with Gasteiger partial charge in [0.2, 0.25) is 0 Å². The molecule has 0 atom stereocenters. The third-order valence-corrected chi connectivity index (χ3v) is 5.56. The lowest BCUT2D eigenvalue weighted by atomic mass is 10.1. The monoisotopic (exact) mass is 508 g/mol. The van der Waals surface area contributed by atoms with Gasteiger partial charge in [-0.2, -0.15) is 0 Å². The molecule has 7 nitrogen and oxygen atoms in total. The van der Waals surface area contributed by atoms with Gasteiger partial charge in [-0.3, -0.25) is 0 Å². The Balaban J connectivity index is 0.00000111. The van der Waals surface area contributed by atoms with Crippen LogP contribution < -0.4 is 28.1 Å². The van der Waals surface area contributed by atoms with Gasteiger partial charge in [-0.15, -0.1) is 10.2 Å². The molecule has 0 aliphatic heterocycles. The number of hydrogen-bond donors (Lipinski definition) is 1. The maximum atomic E-state index is 9.01. The number of pyridine rings is 1. The molecule has 196 valence electrons. The zero-order valence-corrected chi connectivity index (χ0v) is 21.9. The number of hydrogen-bond acceptors (Lipinski definition) is 6. The Morgan fingerprint density at radius 2 is 1.20 bits per heavy atom. The molecule has 0 amide bonds. The van der Waals surface area contributed by atoms with Gasteiger partial charge in [0.05, 0.1) is 0 Å². The molecule has 8 heteroatoms. The summed E-state index contributed by atoms with van der Waals surface area (Å²) < 4.78 is 36.0. The normalized spacial score (nSPS) is 11.4. The van der Waals surface area contributed by atoms with Crippen LogP contribution in [0.25, 0.3) is 12.2 Å². The van der Waals surface area contributed by atoms with E-state index in [4.69, 9.17) is 23.7 Å². The molecule has 0 saturated heterocycles. The van der Waals surface area contributed by atoms with E-state index in [1.54, 1.807) is 0 Å². The van der Waals surface area contributed by atoms with E-state index in [2.05, 4.69) is 67.3 Å². The highest BCUT2D eigenvalue weighted by atomic mass is 35.7. The van der Waals surface area contributed by atoms with Crippen LogP contribution in [0.3, 0.4) is 0 Å². The maximum absolute atomic E-state index is 9.01. The third-order valence-electron chi connectivity index (χ3n) is 5.56. The summed E-state index contributed by atoms with van der Waals surface area (Å²) in [6, 6.07) is 13.2. The molecule has 1 aromatic carbocycles. The highest BCUT2D eigenvalue weighted by molar-refractivity contribution is 5.70. The van der Waals surface area contributed by atoms with E-state index in [1.807, 2.05) is 17.0 Å². The summed E-state index contributed by atoms with van der Waals surface area (Å²) >= 11 is 0. The first kappa shape index (κ1) is 31.0. The molecule has 0 unspecified atom stereocenters. The van der Waals surface area contributed by atoms with E-state index in [-0.39, 0.29) is 6.61 Å². The van der Waals surface area contributed by atoms with Crippen molar-refractivity contribution in [3.05, 3.63) is 59.9 Å². The van der Waals surface area contributed by atoms with Gasteiger partial charge in [0.1, 0.15) is 6.61 Å². The molecule has 0 aliphatic rings. The quantitative estimate of drug-likeness (QED) is 0.286. The Hall–Kier alpha value is -2.00. The van der Waals surface area contributed by atoms with Crippen molar-refractivity contribution in [3.63, 3.8) is 0 Å². The van der Waals surface area contributed by atoms with Crippen LogP contribution in [0.5, 0.6) is 0 Å². The van der Waals surface area contributed by atoms with Gasteiger partial charge in [-0.05, 0) is 36.1 Å². The molecule has 0 spiro atoms. The lowest BCUT2D eigenvalue weighted by Gasteiger charge is -2.25. The summed E-state index contributed by atoms with van der Waals surface area (Å²) in [4.78, 5) is 2.58. The van der Waals surface area contributed by atoms with E-state index < -0.39 is 10.2 Å². The van der Waals surface area contributed by atoms with Gasteiger partial charge in [0, 0.05) is 30.9 Å². The lowest BCUT2D eigenvalue weighted by Crippen LogP contribution is -2.68. The van der Waals surface area contributed by atoms with Crippen molar-refractivity contribution in [2.24, 2.45) is 0 Å². The summed E-state index contributed by atoms with van der Waals surface area (Å²) in [6.07, 6.45) is 18.8. The highest BCUT2D eigenvalue weighted by Gasteiger charge is 2.06. The Bertz CT molecular complexity index is 790. The van der Waals surface area contributed by atoms with Gasteiger partial charge < -0.3 is 10.0 Å². The van der Waals surface area contributed by atoms with Gasteiger partial charge in [-0.25, -0.2) is 23.2 Å². The minimum absolute atomic E-state index is 0.167. The highest BCUT2D eigenvalue weighted by Crippen LogP contribution is 2.19. The summed E-state index contributed by atoms with van der Waals surface area (Å²) in [5, 5.41) is 9.01. The molecule has 0 bridgehead atoms. The predicted octanol–water partition coefficient (Wildman–Crippen LogP) is 1.35. The molecular formula is C27H41ClN2O5. The number of aliphatic hydroxyl groups excluding tert-OH is 1. The van der Waals surface area contributed by atoms with E-state index in [9.17, 15) is 0 Å². The number of anilines is 1. The Morgan fingerprint density at radius 3 is 1.63 bits per heavy atom. The molecule has 1 aromatic heterocycles. The average molecular weight is 509 g/mol. The molecule has 2 rings (SSSR count). The molecule has 0 radical (unpaired) electrons. The van der Waals surface area contributed by atoms with Crippen LogP contribution in [-0.2, 0) is 6.54 Å². The average Bonchev–Trinajstić information content (AvgIpc) is 2.82. The van der Waals surface area contributed by atoms with Gasteiger partial charge in [0.15, 0.2) is 18.9 Å². The zero-order chi connectivity index (χ0) is 25.9. The molecule has 2 aromatic rings. The van der Waals surface area contributed by atoms with Gasteiger partial charge in [-0.1, -0.05) is 76.7 Å². The first-order chi connectivity index (χ1) is 16.8. The van der Waals surface area contributed by atoms with Gasteiger partial charge in [0.25, 0.3) is 0 Å². The number of unbranched alkanes of at least 4 members (excludes halogenated alkanes) is 6. The van der Waals surface area contributed by atoms with Crippen molar-refractivity contribution in [2.45, 2.75) is 71.8 Å². The van der Waals surface area contributed by atoms with Crippen LogP contribution in [0, 0.1) is 10.2 Å². The summed E-state index contributed by atoms with van der Waals surface area (Å²) in [5.41, 5.74) is 3.74. The zero-order valence-electron chi connectivity index (χ0n) is 21.1. The fourth-order valence-electron chi connectivity index (χ4n) is 3.66. The Kier molecular flexibility index (Phi) is 16.2. The minimum atomic E-state index is -4.94. The van der Waals surface area contributed by atoms with Crippen LogP contribution in [0.1, 0.15) is 76.3 Å².